The second-order valence-electron chi connectivity index (χ2n) is 26.0. The Morgan fingerprint density at radius 3 is 1.49 bits per heavy atom. The molecule has 7 fully saturated rings. The fourth-order valence-corrected chi connectivity index (χ4v) is 16.8. The van der Waals surface area contributed by atoms with Crippen LogP contribution in [-0.2, 0) is 57.0 Å². The zero-order chi connectivity index (χ0) is 59.9. The van der Waals surface area contributed by atoms with Gasteiger partial charge in [-0.2, -0.15) is 0 Å². The van der Waals surface area contributed by atoms with Gasteiger partial charge in [-0.05, 0) is 72.6 Å². The normalized spacial score (nSPS) is 44.5. The molecular weight excluding hydrogens is 1070 g/mol. The summed E-state index contributed by atoms with van der Waals surface area (Å²) in [5.41, 5.74) is -7.68. The Kier molecular flexibility index (Phi) is 14.6. The number of carbonyl (C=O) groups excluding carboxylic acids is 4. The van der Waals surface area contributed by atoms with Crippen LogP contribution in [0.3, 0.4) is 0 Å². The largest absolute Gasteiger partial charge is 0.455 e. The topological polar surface area (TPSA) is 262 Å². The van der Waals surface area contributed by atoms with E-state index < -0.39 is 160 Å². The molecule has 4 heterocycles. The monoisotopic (exact) mass is 1150 g/mol. The standard InChI is InChI=1S/C32H40O10.C32H38O9/c1-7-22-39-24-23-16(2)19(34)14-32(37,29(23,4)5)27(41-28(36)18-11-9-8-10-12-18)25-30(6,26(24)40-22)20(35)13-21-31(25,15-38-21)42-17(3)33;1-7-22-38-24-23-17(2)20(34)15-32(36,29(23,4)5)27(40-28(35)19-11-9-8-10-12-19)25-30(6,26(24)39-22)14-13-21-31(25,16-37-21)41-18(3)33/h7-12,19-22,24-27,34-35,37H,1,13-15H2,2-6H3;7-14,20-22,24-27,34,36H,1,15-16H2,2-6H3/t19-,20-,21+,22+,24+,25-,26+,27-,30+,31-,32+;20-,21+,22+,24+,25-,26+,27-,30+,31-,32+/m00/s1. The SMILES string of the molecule is C=C[C@@H]1O[C@@H]2C3=C(C)[C@@H](O)C[C@@](O)([C@@H](OC(=O)c4ccccc4)[C@@H]4[C@]5(OC(C)=O)CO[C@@H]5C[C@H](O)[C@@]4(C)[C@@H]2O1)C3(C)C.C=C[C@@H]1O[C@@H]2C3=C(C)[C@@H](O)C[C@@](O)([C@@H](OC(=O)c4ccccc4)[C@H]4[C@@](C)(C=C[C@H]5OC[C@]54OC(C)=O)[C@@H]2O1)C3(C)C. The van der Waals surface area contributed by atoms with Crippen molar-refractivity contribution in [3.63, 3.8) is 0 Å². The van der Waals surface area contributed by atoms with Gasteiger partial charge in [0.25, 0.3) is 0 Å². The maximum Gasteiger partial charge on any atom is 0.338 e. The molecule has 0 unspecified atom stereocenters. The summed E-state index contributed by atoms with van der Waals surface area (Å²) >= 11 is 0. The molecule has 4 aliphatic heterocycles. The van der Waals surface area contributed by atoms with Crippen molar-refractivity contribution in [3.8, 4) is 0 Å². The number of carbonyl (C=O) groups is 4. The van der Waals surface area contributed by atoms with Gasteiger partial charge < -0.3 is 72.9 Å². The molecule has 448 valence electrons. The Balaban J connectivity index is 0.000000174. The van der Waals surface area contributed by atoms with Gasteiger partial charge in [-0.1, -0.05) is 103 Å². The maximum absolute atomic E-state index is 13.8. The van der Waals surface area contributed by atoms with E-state index in [1.54, 1.807) is 73.7 Å². The van der Waals surface area contributed by atoms with Gasteiger partial charge in [0.1, 0.15) is 53.9 Å². The van der Waals surface area contributed by atoms with Crippen molar-refractivity contribution in [2.45, 2.75) is 191 Å². The first-order chi connectivity index (χ1) is 39.0. The van der Waals surface area contributed by atoms with Gasteiger partial charge in [-0.15, -0.1) is 0 Å². The summed E-state index contributed by atoms with van der Waals surface area (Å²) in [6, 6.07) is 16.9. The summed E-state index contributed by atoms with van der Waals surface area (Å²) in [6.07, 6.45) is -5.12. The molecule has 2 aromatic carbocycles. The minimum absolute atomic E-state index is 0.0329. The van der Waals surface area contributed by atoms with E-state index in [2.05, 4.69) is 13.2 Å². The van der Waals surface area contributed by atoms with Crippen LogP contribution in [0.25, 0.3) is 0 Å². The smallest absolute Gasteiger partial charge is 0.338 e. The minimum atomic E-state index is -1.90. The van der Waals surface area contributed by atoms with Gasteiger partial charge >= 0.3 is 23.9 Å². The molecule has 83 heavy (non-hydrogen) atoms. The molecular formula is C64H78O19. The van der Waals surface area contributed by atoms with Crippen LogP contribution in [-0.4, -0.2) is 165 Å². The van der Waals surface area contributed by atoms with Gasteiger partial charge in [-0.3, -0.25) is 9.59 Å². The Morgan fingerprint density at radius 2 is 1.06 bits per heavy atom. The number of hydrogen-bond acceptors (Lipinski definition) is 19. The van der Waals surface area contributed by atoms with Crippen molar-refractivity contribution in [2.75, 3.05) is 13.2 Å². The predicted molar refractivity (Wildman–Crippen MR) is 294 cm³/mol. The molecule has 12 rings (SSSR count). The lowest BCUT2D eigenvalue weighted by atomic mass is 9.44. The van der Waals surface area contributed by atoms with E-state index in [4.69, 9.17) is 47.4 Å². The highest BCUT2D eigenvalue weighted by Gasteiger charge is 2.80. The average molecular weight is 1150 g/mol. The molecule has 19 nitrogen and oxygen atoms in total. The first-order valence-electron chi connectivity index (χ1n) is 28.6. The fourth-order valence-electron chi connectivity index (χ4n) is 16.8. The van der Waals surface area contributed by atoms with Gasteiger partial charge in [0, 0.05) is 54.8 Å². The lowest BCUT2D eigenvalue weighted by Crippen LogP contribution is -2.82. The first-order valence-corrected chi connectivity index (χ1v) is 28.6. The zero-order valence-corrected chi connectivity index (χ0v) is 48.6. The number of ether oxygens (including phenoxy) is 10. The molecule has 0 spiro atoms. The number of hydrogen-bond donors (Lipinski definition) is 5. The molecule has 4 bridgehead atoms. The second-order valence-corrected chi connectivity index (χ2v) is 26.0. The summed E-state index contributed by atoms with van der Waals surface area (Å²) in [5, 5.41) is 60.7. The van der Waals surface area contributed by atoms with Gasteiger partial charge in [-0.25, -0.2) is 9.59 Å². The van der Waals surface area contributed by atoms with Crippen molar-refractivity contribution < 1.29 is 92.1 Å². The minimum Gasteiger partial charge on any atom is -0.455 e. The van der Waals surface area contributed by atoms with Crippen molar-refractivity contribution in [2.24, 2.45) is 33.5 Å². The van der Waals surface area contributed by atoms with Gasteiger partial charge in [0.2, 0.25) is 0 Å². The van der Waals surface area contributed by atoms with Crippen LogP contribution in [0.4, 0.5) is 0 Å². The molecule has 0 amide bonds. The molecule has 0 radical (unpaired) electrons. The Morgan fingerprint density at radius 1 is 0.614 bits per heavy atom. The van der Waals surface area contributed by atoms with Crippen LogP contribution in [0.15, 0.2) is 120 Å². The van der Waals surface area contributed by atoms with Crippen molar-refractivity contribution in [3.05, 3.63) is 132 Å². The Labute approximate surface area is 483 Å². The van der Waals surface area contributed by atoms with Crippen molar-refractivity contribution >= 4 is 23.9 Å². The van der Waals surface area contributed by atoms with E-state index in [-0.39, 0.29) is 38.0 Å². The number of rotatable bonds is 8. The quantitative estimate of drug-likeness (QED) is 0.121. The molecule has 3 saturated carbocycles. The van der Waals surface area contributed by atoms with Crippen LogP contribution in [0.2, 0.25) is 0 Å². The highest BCUT2D eigenvalue weighted by molar-refractivity contribution is 5.90. The average Bonchev–Trinajstić information content (AvgIpc) is 1.56. The van der Waals surface area contributed by atoms with Crippen molar-refractivity contribution in [1.82, 2.24) is 0 Å². The molecule has 0 aromatic heterocycles. The van der Waals surface area contributed by atoms with Gasteiger partial charge in [0.15, 0.2) is 23.8 Å². The molecule has 6 aliphatic carbocycles. The van der Waals surface area contributed by atoms with E-state index >= 15 is 0 Å². The lowest BCUT2D eigenvalue weighted by molar-refractivity contribution is -0.361. The maximum atomic E-state index is 13.8. The van der Waals surface area contributed by atoms with Crippen molar-refractivity contribution in [1.29, 1.82) is 0 Å². The third kappa shape index (κ3) is 8.45. The Bertz CT molecular complexity index is 3060. The van der Waals surface area contributed by atoms with Crippen LogP contribution < -0.4 is 0 Å². The number of benzene rings is 2. The number of aliphatic hydroxyl groups is 5. The second kappa shape index (κ2) is 20.4. The van der Waals surface area contributed by atoms with Crippen LogP contribution in [0.1, 0.15) is 109 Å². The highest BCUT2D eigenvalue weighted by atomic mass is 16.7. The molecule has 5 N–H and O–H groups in total. The Hall–Kier alpha value is -5.42. The molecule has 21 atom stereocenters. The summed E-state index contributed by atoms with van der Waals surface area (Å²) < 4.78 is 62.6. The third-order valence-electron chi connectivity index (χ3n) is 21.1. The summed E-state index contributed by atoms with van der Waals surface area (Å²) in [7, 11) is 0. The number of esters is 4. The van der Waals surface area contributed by atoms with Crippen LogP contribution in [0, 0.1) is 33.5 Å². The third-order valence-corrected chi connectivity index (χ3v) is 21.1. The summed E-state index contributed by atoms with van der Waals surface area (Å²) in [6.45, 7) is 25.1. The lowest BCUT2D eigenvalue weighted by Gasteiger charge is -2.68. The summed E-state index contributed by atoms with van der Waals surface area (Å²) in [4.78, 5) is 52.9. The first kappa shape index (κ1) is 59.3. The van der Waals surface area contributed by atoms with E-state index in [9.17, 15) is 44.7 Å². The predicted octanol–water partition coefficient (Wildman–Crippen LogP) is 5.70. The highest BCUT2D eigenvalue weighted by Crippen LogP contribution is 2.68. The molecule has 4 saturated heterocycles. The molecule has 2 aromatic rings. The van der Waals surface area contributed by atoms with E-state index in [1.807, 2.05) is 60.6 Å². The van der Waals surface area contributed by atoms with Gasteiger partial charge in [0.05, 0.1) is 60.6 Å². The molecule has 10 aliphatic rings. The van der Waals surface area contributed by atoms with Crippen LogP contribution in [0.5, 0.6) is 0 Å². The van der Waals surface area contributed by atoms with E-state index in [0.29, 0.717) is 27.9 Å². The summed E-state index contributed by atoms with van der Waals surface area (Å²) in [5.74, 6) is -4.31. The fraction of sp³-hybridized carbons (Fsp3) is 0.594. The van der Waals surface area contributed by atoms with Crippen LogP contribution >= 0.6 is 0 Å². The number of aliphatic hydroxyl groups excluding tert-OH is 3. The van der Waals surface area contributed by atoms with E-state index in [1.165, 1.54) is 19.9 Å². The zero-order valence-electron chi connectivity index (χ0n) is 48.6. The molecule has 19 heteroatoms. The number of fused-ring (bicyclic) bond motifs is 16. The van der Waals surface area contributed by atoms with E-state index in [0.717, 1.165) is 0 Å².